The van der Waals surface area contributed by atoms with E-state index in [1.165, 1.54) is 64.2 Å². The summed E-state index contributed by atoms with van der Waals surface area (Å²) in [5.74, 6) is 1.11. The van der Waals surface area contributed by atoms with Crippen LogP contribution in [0.25, 0.3) is 0 Å². The first-order valence-corrected chi connectivity index (χ1v) is 10.4. The zero-order valence-corrected chi connectivity index (χ0v) is 13.2. The van der Waals surface area contributed by atoms with Crippen molar-refractivity contribution in [2.45, 2.75) is 76.4 Å². The van der Waals surface area contributed by atoms with Gasteiger partial charge in [0.1, 0.15) is 0 Å². The summed E-state index contributed by atoms with van der Waals surface area (Å²) in [6.07, 6.45) is 12.8. The standard InChI is InChI=1S/C14H25O3PS/c15-18(19)16-13(11-7-3-1-4-8-11)14(17-18)12-9-5-2-6-10-12/h11-14H,1-10H2,(H,15,19). The fraction of sp³-hybridized carbons (Fsp3) is 1.00. The van der Waals surface area contributed by atoms with Crippen molar-refractivity contribution in [3.05, 3.63) is 0 Å². The molecule has 1 N–H and O–H groups in total. The van der Waals surface area contributed by atoms with E-state index < -0.39 is 6.72 Å². The summed E-state index contributed by atoms with van der Waals surface area (Å²) in [5, 5.41) is 0. The molecule has 2 unspecified atom stereocenters. The summed E-state index contributed by atoms with van der Waals surface area (Å²) >= 11 is 5.12. The summed E-state index contributed by atoms with van der Waals surface area (Å²) in [5.41, 5.74) is 0. The fourth-order valence-corrected chi connectivity index (χ4v) is 5.93. The number of hydrogen-bond acceptors (Lipinski definition) is 3. The predicted octanol–water partition coefficient (Wildman–Crippen LogP) is 4.15. The normalized spacial score (nSPS) is 42.6. The van der Waals surface area contributed by atoms with Gasteiger partial charge in [0, 0.05) is 0 Å². The molecule has 0 spiro atoms. The molecule has 2 aliphatic carbocycles. The van der Waals surface area contributed by atoms with E-state index in [0.29, 0.717) is 11.8 Å². The largest absolute Gasteiger partial charge is 0.325 e. The van der Waals surface area contributed by atoms with Crippen molar-refractivity contribution in [3.8, 4) is 0 Å². The molecule has 1 saturated heterocycles. The Balaban J connectivity index is 1.72. The summed E-state index contributed by atoms with van der Waals surface area (Å²) in [4.78, 5) is 10.1. The maximum Gasteiger partial charge on any atom is 0.325 e. The molecule has 1 aliphatic heterocycles. The van der Waals surface area contributed by atoms with Crippen molar-refractivity contribution < 1.29 is 13.9 Å². The second-order valence-electron chi connectivity index (χ2n) is 6.40. The molecular formula is C14H25O3PS. The highest BCUT2D eigenvalue weighted by Crippen LogP contribution is 2.58. The minimum absolute atomic E-state index is 0.0687. The Kier molecular flexibility index (Phi) is 4.65. The molecular weight excluding hydrogens is 279 g/mol. The van der Waals surface area contributed by atoms with Gasteiger partial charge in [0.2, 0.25) is 0 Å². The first kappa shape index (κ1) is 14.5. The Labute approximate surface area is 121 Å². The summed E-state index contributed by atoms with van der Waals surface area (Å²) in [6, 6.07) is 0. The van der Waals surface area contributed by atoms with Crippen LogP contribution < -0.4 is 0 Å². The maximum atomic E-state index is 10.1. The molecule has 2 atom stereocenters. The minimum atomic E-state index is -2.96. The first-order chi connectivity index (χ1) is 9.16. The molecule has 5 heteroatoms. The molecule has 1 heterocycles. The van der Waals surface area contributed by atoms with Crippen LogP contribution in [0.5, 0.6) is 0 Å². The van der Waals surface area contributed by atoms with E-state index in [-0.39, 0.29) is 12.2 Å². The molecule has 110 valence electrons. The van der Waals surface area contributed by atoms with Crippen LogP contribution in [0.4, 0.5) is 0 Å². The predicted molar refractivity (Wildman–Crippen MR) is 79.4 cm³/mol. The van der Waals surface area contributed by atoms with Crippen LogP contribution >= 0.6 is 6.72 Å². The zero-order chi connectivity index (χ0) is 13.3. The average molecular weight is 304 g/mol. The van der Waals surface area contributed by atoms with Crippen molar-refractivity contribution in [3.63, 3.8) is 0 Å². The van der Waals surface area contributed by atoms with Crippen LogP contribution in [0.3, 0.4) is 0 Å². The Hall–Kier alpha value is 0.530. The third-order valence-corrected chi connectivity index (χ3v) is 6.60. The lowest BCUT2D eigenvalue weighted by molar-refractivity contribution is 0.0324. The molecule has 0 aromatic rings. The fourth-order valence-electron chi connectivity index (χ4n) is 4.09. The van der Waals surface area contributed by atoms with Crippen LogP contribution in [0.1, 0.15) is 64.2 Å². The van der Waals surface area contributed by atoms with E-state index >= 15 is 0 Å². The van der Waals surface area contributed by atoms with Gasteiger partial charge < -0.3 is 13.9 Å². The molecule has 3 fully saturated rings. The van der Waals surface area contributed by atoms with Crippen molar-refractivity contribution in [2.24, 2.45) is 11.8 Å². The van der Waals surface area contributed by atoms with Crippen LogP contribution in [0.15, 0.2) is 0 Å². The van der Waals surface area contributed by atoms with Gasteiger partial charge in [-0.1, -0.05) is 38.5 Å². The highest BCUT2D eigenvalue weighted by Gasteiger charge is 2.47. The molecule has 2 saturated carbocycles. The van der Waals surface area contributed by atoms with Crippen LogP contribution in [0.2, 0.25) is 0 Å². The lowest BCUT2D eigenvalue weighted by Crippen LogP contribution is -2.38. The Morgan fingerprint density at radius 2 is 1.11 bits per heavy atom. The second kappa shape index (κ2) is 6.11. The van der Waals surface area contributed by atoms with E-state index in [2.05, 4.69) is 0 Å². The third kappa shape index (κ3) is 3.41. The molecule has 3 nitrogen and oxygen atoms in total. The van der Waals surface area contributed by atoms with Gasteiger partial charge in [-0.25, -0.2) is 0 Å². The number of rotatable bonds is 2. The topological polar surface area (TPSA) is 38.7 Å². The SMILES string of the molecule is OP1(=S)OC(C2CCCCC2)C(C2CCCCC2)O1. The van der Waals surface area contributed by atoms with Gasteiger partial charge in [0.15, 0.2) is 0 Å². The Morgan fingerprint density at radius 1 is 0.737 bits per heavy atom. The van der Waals surface area contributed by atoms with Crippen LogP contribution in [-0.4, -0.2) is 17.1 Å². The smallest absolute Gasteiger partial charge is 0.324 e. The van der Waals surface area contributed by atoms with E-state index in [4.69, 9.17) is 20.9 Å². The summed E-state index contributed by atoms with van der Waals surface area (Å²) in [7, 11) is 0. The lowest BCUT2D eigenvalue weighted by atomic mass is 9.77. The van der Waals surface area contributed by atoms with Crippen LogP contribution in [0, 0.1) is 11.8 Å². The third-order valence-electron chi connectivity index (χ3n) is 5.06. The second-order valence-corrected chi connectivity index (χ2v) is 9.15. The van der Waals surface area contributed by atoms with Gasteiger partial charge in [-0.05, 0) is 49.3 Å². The van der Waals surface area contributed by atoms with Gasteiger partial charge >= 0.3 is 6.72 Å². The van der Waals surface area contributed by atoms with E-state index in [9.17, 15) is 4.89 Å². The molecule has 3 aliphatic rings. The molecule has 0 bridgehead atoms. The highest BCUT2D eigenvalue weighted by molar-refractivity contribution is 8.07. The minimum Gasteiger partial charge on any atom is -0.324 e. The molecule has 0 radical (unpaired) electrons. The quantitative estimate of drug-likeness (QED) is 0.778. The summed E-state index contributed by atoms with van der Waals surface area (Å²) < 4.78 is 11.6. The van der Waals surface area contributed by atoms with Crippen molar-refractivity contribution in [1.29, 1.82) is 0 Å². The van der Waals surface area contributed by atoms with Gasteiger partial charge in [0.25, 0.3) is 0 Å². The van der Waals surface area contributed by atoms with Gasteiger partial charge in [-0.2, -0.15) is 0 Å². The highest BCUT2D eigenvalue weighted by atomic mass is 32.5. The Morgan fingerprint density at radius 3 is 1.47 bits per heavy atom. The lowest BCUT2D eigenvalue weighted by Gasteiger charge is -2.34. The molecule has 0 aromatic carbocycles. The molecule has 0 amide bonds. The van der Waals surface area contributed by atoms with E-state index in [0.717, 1.165) is 0 Å². The van der Waals surface area contributed by atoms with Crippen molar-refractivity contribution in [2.75, 3.05) is 0 Å². The van der Waals surface area contributed by atoms with Crippen molar-refractivity contribution in [1.82, 2.24) is 0 Å². The van der Waals surface area contributed by atoms with Crippen molar-refractivity contribution >= 4 is 18.5 Å². The molecule has 0 aromatic heterocycles. The maximum absolute atomic E-state index is 10.1. The van der Waals surface area contributed by atoms with Gasteiger partial charge in [0.05, 0.1) is 12.2 Å². The monoisotopic (exact) mass is 304 g/mol. The van der Waals surface area contributed by atoms with Gasteiger partial charge in [-0.15, -0.1) is 0 Å². The van der Waals surface area contributed by atoms with Crippen LogP contribution in [-0.2, 0) is 20.9 Å². The summed E-state index contributed by atoms with van der Waals surface area (Å²) in [6.45, 7) is -2.96. The first-order valence-electron chi connectivity index (χ1n) is 7.85. The zero-order valence-electron chi connectivity index (χ0n) is 11.5. The van der Waals surface area contributed by atoms with E-state index in [1.54, 1.807) is 0 Å². The van der Waals surface area contributed by atoms with E-state index in [1.807, 2.05) is 0 Å². The average Bonchev–Trinajstić information content (AvgIpc) is 2.77. The molecule has 19 heavy (non-hydrogen) atoms. The molecule has 3 rings (SSSR count). The Bertz CT molecular complexity index is 321. The number of hydrogen-bond donors (Lipinski definition) is 1. The van der Waals surface area contributed by atoms with Gasteiger partial charge in [-0.3, -0.25) is 0 Å².